The van der Waals surface area contributed by atoms with Crippen molar-refractivity contribution in [3.05, 3.63) is 105 Å². The van der Waals surface area contributed by atoms with Crippen LogP contribution in [0, 0.1) is 6.92 Å². The van der Waals surface area contributed by atoms with Gasteiger partial charge in [0, 0.05) is 10.6 Å². The standard InChI is InChI=1S/C26H21BrClNO2/c1-3-31-25-12-10-18(14-22(25)27)13-20-15-24(19-7-5-4-6-8-19)29(26(20)30)23-16-21(28)11-9-17(23)2/h4-16H,3H2,1-2H3/b20-13+. The normalized spacial score (nSPS) is 14.8. The third-order valence-corrected chi connectivity index (χ3v) is 5.90. The summed E-state index contributed by atoms with van der Waals surface area (Å²) in [6, 6.07) is 21.3. The number of aryl methyl sites for hydroxylation is 1. The fourth-order valence-electron chi connectivity index (χ4n) is 3.56. The van der Waals surface area contributed by atoms with Crippen LogP contribution in [0.3, 0.4) is 0 Å². The van der Waals surface area contributed by atoms with Crippen molar-refractivity contribution >= 4 is 50.9 Å². The van der Waals surface area contributed by atoms with E-state index in [9.17, 15) is 4.79 Å². The van der Waals surface area contributed by atoms with E-state index in [1.165, 1.54) is 0 Å². The second kappa shape index (κ2) is 9.13. The van der Waals surface area contributed by atoms with E-state index in [1.54, 1.807) is 4.90 Å². The Morgan fingerprint density at radius 2 is 1.84 bits per heavy atom. The van der Waals surface area contributed by atoms with Crippen molar-refractivity contribution in [1.82, 2.24) is 0 Å². The average molecular weight is 495 g/mol. The highest BCUT2D eigenvalue weighted by atomic mass is 79.9. The predicted molar refractivity (Wildman–Crippen MR) is 131 cm³/mol. The Kier molecular flexibility index (Phi) is 6.30. The van der Waals surface area contributed by atoms with E-state index in [1.807, 2.05) is 92.7 Å². The molecule has 3 nitrogen and oxygen atoms in total. The molecule has 5 heteroatoms. The first-order valence-corrected chi connectivity index (χ1v) is 11.2. The van der Waals surface area contributed by atoms with Gasteiger partial charge in [-0.1, -0.05) is 54.1 Å². The minimum Gasteiger partial charge on any atom is -0.493 e. The van der Waals surface area contributed by atoms with E-state index < -0.39 is 0 Å². The van der Waals surface area contributed by atoms with Crippen LogP contribution >= 0.6 is 27.5 Å². The molecule has 1 aliphatic rings. The van der Waals surface area contributed by atoms with Gasteiger partial charge in [0.2, 0.25) is 0 Å². The summed E-state index contributed by atoms with van der Waals surface area (Å²) in [5, 5.41) is 0.591. The lowest BCUT2D eigenvalue weighted by atomic mass is 10.1. The molecule has 0 fully saturated rings. The smallest absolute Gasteiger partial charge is 0.262 e. The number of hydrogen-bond donors (Lipinski definition) is 0. The van der Waals surface area contributed by atoms with E-state index in [0.717, 1.165) is 38.3 Å². The molecule has 0 aliphatic carbocycles. The zero-order chi connectivity index (χ0) is 22.0. The number of carbonyl (C=O) groups is 1. The van der Waals surface area contributed by atoms with Crippen LogP contribution in [0.5, 0.6) is 5.75 Å². The van der Waals surface area contributed by atoms with Crippen molar-refractivity contribution in [3.8, 4) is 5.75 Å². The summed E-state index contributed by atoms with van der Waals surface area (Å²) in [6.07, 6.45) is 3.83. The molecule has 1 aliphatic heterocycles. The summed E-state index contributed by atoms with van der Waals surface area (Å²) in [7, 11) is 0. The first kappa shape index (κ1) is 21.4. The monoisotopic (exact) mass is 493 g/mol. The molecule has 0 radical (unpaired) electrons. The molecular formula is C26H21BrClNO2. The summed E-state index contributed by atoms with van der Waals surface area (Å²) in [6.45, 7) is 4.52. The highest BCUT2D eigenvalue weighted by Gasteiger charge is 2.31. The number of carbonyl (C=O) groups excluding carboxylic acids is 1. The maximum absolute atomic E-state index is 13.5. The quantitative estimate of drug-likeness (QED) is 0.349. The lowest BCUT2D eigenvalue weighted by molar-refractivity contribution is -0.113. The van der Waals surface area contributed by atoms with E-state index >= 15 is 0 Å². The third kappa shape index (κ3) is 4.46. The minimum atomic E-state index is -0.0887. The van der Waals surface area contributed by atoms with Crippen LogP contribution in [0.2, 0.25) is 5.02 Å². The number of rotatable bonds is 5. The Hall–Kier alpha value is -2.82. The van der Waals surface area contributed by atoms with Crippen molar-refractivity contribution in [1.29, 1.82) is 0 Å². The summed E-state index contributed by atoms with van der Waals surface area (Å²) >= 11 is 9.82. The van der Waals surface area contributed by atoms with Gasteiger partial charge in [-0.05, 0) is 82.9 Å². The number of hydrogen-bond acceptors (Lipinski definition) is 2. The lowest BCUT2D eigenvalue weighted by Gasteiger charge is -2.23. The molecule has 31 heavy (non-hydrogen) atoms. The first-order chi connectivity index (χ1) is 15.0. The molecular weight excluding hydrogens is 474 g/mol. The summed E-state index contributed by atoms with van der Waals surface area (Å²) in [5.74, 6) is 0.688. The maximum atomic E-state index is 13.5. The number of amides is 1. The molecule has 0 aromatic heterocycles. The molecule has 1 amide bonds. The van der Waals surface area contributed by atoms with Gasteiger partial charge in [0.1, 0.15) is 5.75 Å². The predicted octanol–water partition coefficient (Wildman–Crippen LogP) is 7.28. The van der Waals surface area contributed by atoms with Gasteiger partial charge in [-0.25, -0.2) is 0 Å². The highest BCUT2D eigenvalue weighted by Crippen LogP contribution is 2.38. The molecule has 0 saturated heterocycles. The Labute approximate surface area is 195 Å². The number of nitrogens with zero attached hydrogens (tertiary/aromatic N) is 1. The molecule has 1 heterocycles. The second-order valence-corrected chi connectivity index (χ2v) is 8.48. The van der Waals surface area contributed by atoms with E-state index in [4.69, 9.17) is 16.3 Å². The number of halogens is 2. The topological polar surface area (TPSA) is 29.5 Å². The molecule has 0 bridgehead atoms. The summed E-state index contributed by atoms with van der Waals surface area (Å²) in [5.41, 5.74) is 5.06. The minimum absolute atomic E-state index is 0.0887. The molecule has 0 unspecified atom stereocenters. The van der Waals surface area contributed by atoms with E-state index in [-0.39, 0.29) is 5.91 Å². The van der Waals surface area contributed by atoms with Crippen LogP contribution in [-0.2, 0) is 4.79 Å². The summed E-state index contributed by atoms with van der Waals surface area (Å²) in [4.78, 5) is 15.3. The Morgan fingerprint density at radius 3 is 2.55 bits per heavy atom. The molecule has 3 aromatic rings. The van der Waals surface area contributed by atoms with Crippen LogP contribution in [-0.4, -0.2) is 12.5 Å². The van der Waals surface area contributed by atoms with Crippen LogP contribution in [0.4, 0.5) is 5.69 Å². The van der Waals surface area contributed by atoms with Gasteiger partial charge in [0.15, 0.2) is 0 Å². The van der Waals surface area contributed by atoms with Crippen molar-refractivity contribution in [2.24, 2.45) is 0 Å². The number of anilines is 1. The average Bonchev–Trinajstić information content (AvgIpc) is 3.08. The van der Waals surface area contributed by atoms with Crippen LogP contribution < -0.4 is 9.64 Å². The molecule has 3 aromatic carbocycles. The number of benzene rings is 3. The van der Waals surface area contributed by atoms with Crippen molar-refractivity contribution in [2.75, 3.05) is 11.5 Å². The van der Waals surface area contributed by atoms with E-state index in [2.05, 4.69) is 15.9 Å². The van der Waals surface area contributed by atoms with Crippen molar-refractivity contribution in [3.63, 3.8) is 0 Å². The second-order valence-electron chi connectivity index (χ2n) is 7.19. The van der Waals surface area contributed by atoms with Gasteiger partial charge in [-0.15, -0.1) is 0 Å². The van der Waals surface area contributed by atoms with Gasteiger partial charge in [0.25, 0.3) is 5.91 Å². The molecule has 0 atom stereocenters. The molecule has 0 saturated carbocycles. The Morgan fingerprint density at radius 1 is 1.06 bits per heavy atom. The Balaban J connectivity index is 1.81. The zero-order valence-electron chi connectivity index (χ0n) is 17.2. The van der Waals surface area contributed by atoms with Crippen molar-refractivity contribution in [2.45, 2.75) is 13.8 Å². The molecule has 0 N–H and O–H groups in total. The molecule has 4 rings (SSSR count). The van der Waals surface area contributed by atoms with Crippen molar-refractivity contribution < 1.29 is 9.53 Å². The van der Waals surface area contributed by atoms with Crippen LogP contribution in [0.1, 0.15) is 23.6 Å². The van der Waals surface area contributed by atoms with Crippen LogP contribution in [0.25, 0.3) is 11.8 Å². The largest absolute Gasteiger partial charge is 0.493 e. The fourth-order valence-corrected chi connectivity index (χ4v) is 4.24. The van der Waals surface area contributed by atoms with Gasteiger partial charge in [-0.2, -0.15) is 0 Å². The maximum Gasteiger partial charge on any atom is 0.262 e. The highest BCUT2D eigenvalue weighted by molar-refractivity contribution is 9.10. The number of ether oxygens (including phenoxy) is 1. The van der Waals surface area contributed by atoms with Gasteiger partial charge in [0.05, 0.1) is 22.5 Å². The van der Waals surface area contributed by atoms with Gasteiger partial charge in [-0.3, -0.25) is 9.69 Å². The summed E-state index contributed by atoms with van der Waals surface area (Å²) < 4.78 is 6.44. The Bertz CT molecular complexity index is 1200. The van der Waals surface area contributed by atoms with Crippen LogP contribution in [0.15, 0.2) is 82.9 Å². The first-order valence-electron chi connectivity index (χ1n) is 9.99. The molecule has 156 valence electrons. The molecule has 0 spiro atoms. The zero-order valence-corrected chi connectivity index (χ0v) is 19.6. The SMILES string of the molecule is CCOc1ccc(/C=C2\C=C(c3ccccc3)N(c3cc(Cl)ccc3C)C2=O)cc1Br. The fraction of sp³-hybridized carbons (Fsp3) is 0.115. The third-order valence-electron chi connectivity index (χ3n) is 5.04. The lowest BCUT2D eigenvalue weighted by Crippen LogP contribution is -2.25. The van der Waals surface area contributed by atoms with Gasteiger partial charge >= 0.3 is 0 Å². The van der Waals surface area contributed by atoms with E-state index in [0.29, 0.717) is 17.2 Å². The van der Waals surface area contributed by atoms with Gasteiger partial charge < -0.3 is 4.74 Å².